The molecule has 8 nitrogen and oxygen atoms in total. The van der Waals surface area contributed by atoms with Gasteiger partial charge in [-0.2, -0.15) is 10.2 Å². The van der Waals surface area contributed by atoms with Crippen LogP contribution in [0.25, 0.3) is 21.9 Å². The molecule has 0 spiro atoms. The maximum absolute atomic E-state index is 13.0. The number of likely N-dealkylation sites (tertiary alicyclic amines) is 1. The molecule has 1 atom stereocenters. The number of benzene rings is 1. The van der Waals surface area contributed by atoms with E-state index in [1.54, 1.807) is 16.8 Å². The van der Waals surface area contributed by atoms with Gasteiger partial charge in [0, 0.05) is 53.0 Å². The number of hydrogen-bond donors (Lipinski definition) is 1. The Labute approximate surface area is 197 Å². The molecule has 0 radical (unpaired) electrons. The van der Waals surface area contributed by atoms with E-state index >= 15 is 0 Å². The van der Waals surface area contributed by atoms with Gasteiger partial charge in [-0.3, -0.25) is 9.36 Å². The zero-order valence-electron chi connectivity index (χ0n) is 19.2. The minimum absolute atomic E-state index is 0.0804. The van der Waals surface area contributed by atoms with Gasteiger partial charge in [-0.15, -0.1) is 0 Å². The number of nitrogens with one attached hydrogen (secondary N) is 1. The van der Waals surface area contributed by atoms with Crippen LogP contribution in [0.5, 0.6) is 0 Å². The monoisotopic (exact) mass is 453 g/mol. The largest absolute Gasteiger partial charge is 0.343 e. The first-order valence-electron chi connectivity index (χ1n) is 12.0. The molecular formula is C26H27N7O. The SMILES string of the molecule is CN1CCC(n2ccc3cc(Nc4ncc5cc(C#N)c(=O)n(C6CCCC6)c5n4)ccc32)C1. The normalized spacial score (nSPS) is 19.2. The highest BCUT2D eigenvalue weighted by Gasteiger charge is 2.23. The summed E-state index contributed by atoms with van der Waals surface area (Å²) in [5, 5.41) is 14.6. The lowest BCUT2D eigenvalue weighted by atomic mass is 10.2. The van der Waals surface area contributed by atoms with Crippen LogP contribution in [-0.4, -0.2) is 44.1 Å². The molecule has 1 N–H and O–H groups in total. The van der Waals surface area contributed by atoms with Crippen molar-refractivity contribution in [1.29, 1.82) is 5.26 Å². The van der Waals surface area contributed by atoms with E-state index in [0.29, 0.717) is 23.0 Å². The molecule has 1 saturated carbocycles. The average molecular weight is 454 g/mol. The Balaban J connectivity index is 1.35. The van der Waals surface area contributed by atoms with Crippen molar-refractivity contribution in [3.8, 4) is 6.07 Å². The second-order valence-corrected chi connectivity index (χ2v) is 9.58. The Morgan fingerprint density at radius 3 is 2.71 bits per heavy atom. The fourth-order valence-corrected chi connectivity index (χ4v) is 5.59. The Morgan fingerprint density at radius 1 is 1.09 bits per heavy atom. The fraction of sp³-hybridized carbons (Fsp3) is 0.385. The third-order valence-electron chi connectivity index (χ3n) is 7.32. The summed E-state index contributed by atoms with van der Waals surface area (Å²) in [5.74, 6) is 0.444. The van der Waals surface area contributed by atoms with Gasteiger partial charge in [0.2, 0.25) is 5.95 Å². The van der Waals surface area contributed by atoms with Crippen LogP contribution in [0.4, 0.5) is 11.6 Å². The van der Waals surface area contributed by atoms with Crippen LogP contribution in [0.2, 0.25) is 0 Å². The van der Waals surface area contributed by atoms with E-state index in [2.05, 4.69) is 51.2 Å². The Bertz CT molecular complexity index is 1490. The molecule has 1 unspecified atom stereocenters. The number of hydrogen-bond acceptors (Lipinski definition) is 6. The van der Waals surface area contributed by atoms with Crippen molar-refractivity contribution >= 4 is 33.6 Å². The third-order valence-corrected chi connectivity index (χ3v) is 7.32. The molecular weight excluding hydrogens is 426 g/mol. The number of fused-ring (bicyclic) bond motifs is 2. The van der Waals surface area contributed by atoms with Crippen LogP contribution < -0.4 is 10.9 Å². The summed E-state index contributed by atoms with van der Waals surface area (Å²) >= 11 is 0. The van der Waals surface area contributed by atoms with Crippen LogP contribution in [0, 0.1) is 11.3 Å². The molecule has 4 aromatic rings. The molecule has 0 amide bonds. The highest BCUT2D eigenvalue weighted by Crippen LogP contribution is 2.31. The predicted molar refractivity (Wildman–Crippen MR) is 132 cm³/mol. The molecule has 0 bridgehead atoms. The fourth-order valence-electron chi connectivity index (χ4n) is 5.59. The number of likely N-dealkylation sites (N-methyl/N-ethyl adjacent to an activating group) is 1. The molecule has 1 aliphatic carbocycles. The topological polar surface area (TPSA) is 91.8 Å². The van der Waals surface area contributed by atoms with Gasteiger partial charge in [0.25, 0.3) is 5.56 Å². The molecule has 2 fully saturated rings. The minimum atomic E-state index is -0.258. The molecule has 1 aromatic carbocycles. The highest BCUT2D eigenvalue weighted by molar-refractivity contribution is 5.85. The van der Waals surface area contributed by atoms with Crippen molar-refractivity contribution < 1.29 is 0 Å². The predicted octanol–water partition coefficient (Wildman–Crippen LogP) is 4.35. The molecule has 172 valence electrons. The van der Waals surface area contributed by atoms with Crippen LogP contribution in [0.15, 0.2) is 47.5 Å². The summed E-state index contributed by atoms with van der Waals surface area (Å²) in [5.41, 5.74) is 2.60. The van der Waals surface area contributed by atoms with Crippen LogP contribution in [-0.2, 0) is 0 Å². The lowest BCUT2D eigenvalue weighted by Gasteiger charge is -2.17. The smallest absolute Gasteiger partial charge is 0.270 e. The Hall–Kier alpha value is -3.70. The van der Waals surface area contributed by atoms with E-state index in [0.717, 1.165) is 44.5 Å². The van der Waals surface area contributed by atoms with Crippen molar-refractivity contribution in [2.75, 3.05) is 25.5 Å². The van der Waals surface area contributed by atoms with Gasteiger partial charge in [0.05, 0.1) is 0 Å². The first-order valence-corrected chi connectivity index (χ1v) is 12.0. The van der Waals surface area contributed by atoms with Crippen molar-refractivity contribution in [3.63, 3.8) is 0 Å². The lowest BCUT2D eigenvalue weighted by molar-refractivity contribution is 0.395. The van der Waals surface area contributed by atoms with Crippen LogP contribution in [0.3, 0.4) is 0 Å². The molecule has 1 saturated heterocycles. The number of anilines is 2. The van der Waals surface area contributed by atoms with Crippen molar-refractivity contribution in [2.24, 2.45) is 0 Å². The minimum Gasteiger partial charge on any atom is -0.343 e. The number of pyridine rings is 1. The van der Waals surface area contributed by atoms with Gasteiger partial charge < -0.3 is 14.8 Å². The van der Waals surface area contributed by atoms with E-state index in [9.17, 15) is 10.1 Å². The second kappa shape index (κ2) is 8.26. The van der Waals surface area contributed by atoms with Crippen molar-refractivity contribution in [1.82, 2.24) is 24.0 Å². The molecule has 2 aliphatic rings. The summed E-state index contributed by atoms with van der Waals surface area (Å²) in [6.07, 6.45) is 9.08. The number of nitriles is 1. The molecule has 1 aliphatic heterocycles. The lowest BCUT2D eigenvalue weighted by Crippen LogP contribution is -2.26. The molecule has 6 rings (SSSR count). The van der Waals surface area contributed by atoms with Crippen molar-refractivity contribution in [2.45, 2.75) is 44.2 Å². The maximum Gasteiger partial charge on any atom is 0.270 e. The zero-order chi connectivity index (χ0) is 23.2. The number of rotatable bonds is 4. The summed E-state index contributed by atoms with van der Waals surface area (Å²) in [6.45, 7) is 2.20. The van der Waals surface area contributed by atoms with Crippen LogP contribution in [0.1, 0.15) is 49.8 Å². The maximum atomic E-state index is 13.0. The van der Waals surface area contributed by atoms with E-state index in [1.807, 2.05) is 12.1 Å². The van der Waals surface area contributed by atoms with Gasteiger partial charge >= 0.3 is 0 Å². The standard InChI is InChI=1S/C26H27N7O/c1-31-10-9-22(16-31)32-11-8-17-13-20(6-7-23(17)32)29-26-28-15-19-12-18(14-27)25(34)33(24(19)30-26)21-4-2-3-5-21/h6-8,11-13,15,21-22H,2-5,9-10,16H2,1H3,(H,28,29,30). The van der Waals surface area contributed by atoms with Gasteiger partial charge in [-0.1, -0.05) is 12.8 Å². The van der Waals surface area contributed by atoms with E-state index in [-0.39, 0.29) is 17.2 Å². The highest BCUT2D eigenvalue weighted by atomic mass is 16.1. The first kappa shape index (κ1) is 20.9. The van der Waals surface area contributed by atoms with E-state index < -0.39 is 0 Å². The van der Waals surface area contributed by atoms with Crippen LogP contribution >= 0.6 is 0 Å². The van der Waals surface area contributed by atoms with Gasteiger partial charge in [0.1, 0.15) is 17.3 Å². The Kier molecular flexibility index (Phi) is 5.07. The van der Waals surface area contributed by atoms with E-state index in [4.69, 9.17) is 4.98 Å². The van der Waals surface area contributed by atoms with E-state index in [1.165, 1.54) is 17.3 Å². The summed E-state index contributed by atoms with van der Waals surface area (Å²) in [4.78, 5) is 24.6. The van der Waals surface area contributed by atoms with Crippen molar-refractivity contribution in [3.05, 3.63) is 58.6 Å². The van der Waals surface area contributed by atoms with Gasteiger partial charge in [-0.05, 0) is 63.2 Å². The first-order chi connectivity index (χ1) is 16.6. The molecule has 8 heteroatoms. The quantitative estimate of drug-likeness (QED) is 0.494. The zero-order valence-corrected chi connectivity index (χ0v) is 19.2. The van der Waals surface area contributed by atoms with Gasteiger partial charge in [-0.25, -0.2) is 4.98 Å². The summed E-state index contributed by atoms with van der Waals surface area (Å²) in [6, 6.07) is 12.7. The molecule has 3 aromatic heterocycles. The average Bonchev–Trinajstić information content (AvgIpc) is 3.59. The van der Waals surface area contributed by atoms with Gasteiger partial charge in [0.15, 0.2) is 0 Å². The summed E-state index contributed by atoms with van der Waals surface area (Å²) < 4.78 is 4.10. The number of nitrogens with zero attached hydrogens (tertiary/aromatic N) is 6. The molecule has 34 heavy (non-hydrogen) atoms. The summed E-state index contributed by atoms with van der Waals surface area (Å²) in [7, 11) is 2.17. The molecule has 4 heterocycles. The number of aromatic nitrogens is 4. The Morgan fingerprint density at radius 2 is 1.94 bits per heavy atom. The third kappa shape index (κ3) is 3.53. The second-order valence-electron chi connectivity index (χ2n) is 9.58.